The molecule has 0 saturated carbocycles. The van der Waals surface area contributed by atoms with Gasteiger partial charge in [0.05, 0.1) is 17.2 Å². The molecule has 19 heavy (non-hydrogen) atoms. The van der Waals surface area contributed by atoms with E-state index in [2.05, 4.69) is 5.32 Å². The summed E-state index contributed by atoms with van der Waals surface area (Å²) in [5.74, 6) is -0.432. The normalized spacial score (nSPS) is 30.8. The lowest BCUT2D eigenvalue weighted by molar-refractivity contribution is 0.0962. The minimum Gasteiger partial charge on any atom is -0.373 e. The lowest BCUT2D eigenvalue weighted by atomic mass is 9.94. The van der Waals surface area contributed by atoms with Crippen LogP contribution in [0.15, 0.2) is 12.1 Å². The highest BCUT2D eigenvalue weighted by molar-refractivity contribution is 6.35. The van der Waals surface area contributed by atoms with E-state index in [1.165, 1.54) is 12.1 Å². The molecule has 2 nitrogen and oxygen atoms in total. The Bertz CT molecular complexity index is 497. The Labute approximate surface area is 122 Å². The van der Waals surface area contributed by atoms with Crippen LogP contribution in [0, 0.1) is 5.82 Å². The summed E-state index contributed by atoms with van der Waals surface area (Å²) >= 11 is 11.9. The first-order valence-corrected chi connectivity index (χ1v) is 7.36. The topological polar surface area (TPSA) is 21.3 Å². The van der Waals surface area contributed by atoms with Crippen molar-refractivity contribution >= 4 is 23.2 Å². The highest BCUT2D eigenvalue weighted by atomic mass is 35.5. The van der Waals surface area contributed by atoms with E-state index >= 15 is 0 Å². The van der Waals surface area contributed by atoms with Crippen LogP contribution in [-0.2, 0) is 4.74 Å². The van der Waals surface area contributed by atoms with Crippen molar-refractivity contribution in [1.29, 1.82) is 0 Å². The summed E-state index contributed by atoms with van der Waals surface area (Å²) in [6.07, 6.45) is 3.99. The van der Waals surface area contributed by atoms with Crippen molar-refractivity contribution in [3.05, 3.63) is 33.6 Å². The molecule has 3 rings (SSSR count). The van der Waals surface area contributed by atoms with Gasteiger partial charge in [-0.15, -0.1) is 0 Å². The molecule has 5 heteroatoms. The quantitative estimate of drug-likeness (QED) is 0.849. The highest BCUT2D eigenvalue weighted by Crippen LogP contribution is 2.36. The van der Waals surface area contributed by atoms with Crippen LogP contribution in [0.3, 0.4) is 0 Å². The van der Waals surface area contributed by atoms with Crippen LogP contribution in [0.25, 0.3) is 0 Å². The van der Waals surface area contributed by atoms with Crippen LogP contribution in [0.2, 0.25) is 10.0 Å². The average Bonchev–Trinajstić information content (AvgIpc) is 2.95. The van der Waals surface area contributed by atoms with Crippen LogP contribution < -0.4 is 5.32 Å². The van der Waals surface area contributed by atoms with Crippen LogP contribution >= 0.6 is 23.2 Å². The maximum atomic E-state index is 13.5. The second kappa shape index (κ2) is 5.21. The van der Waals surface area contributed by atoms with Crippen molar-refractivity contribution in [1.82, 2.24) is 5.32 Å². The second-order valence-corrected chi connectivity index (χ2v) is 6.21. The molecular weight excluding hydrogens is 288 g/mol. The van der Waals surface area contributed by atoms with Crippen molar-refractivity contribution in [3.8, 4) is 0 Å². The SMILES string of the molecule is CC(NC1CC2CCC1O2)c1cc(F)c(Cl)cc1Cl. The maximum absolute atomic E-state index is 13.5. The number of rotatable bonds is 3. The molecule has 2 aliphatic rings. The van der Waals surface area contributed by atoms with Gasteiger partial charge in [-0.05, 0) is 43.9 Å². The van der Waals surface area contributed by atoms with Gasteiger partial charge in [0.2, 0.25) is 0 Å². The zero-order chi connectivity index (χ0) is 13.6. The molecule has 0 aromatic heterocycles. The number of halogens is 3. The molecular formula is C14H16Cl2FNO. The molecule has 2 aliphatic heterocycles. The molecule has 0 amide bonds. The fraction of sp³-hybridized carbons (Fsp3) is 0.571. The van der Waals surface area contributed by atoms with Gasteiger partial charge >= 0.3 is 0 Å². The number of ether oxygens (including phenoxy) is 1. The minimum absolute atomic E-state index is 0.0211. The van der Waals surface area contributed by atoms with Gasteiger partial charge in [0, 0.05) is 17.1 Å². The van der Waals surface area contributed by atoms with Gasteiger partial charge < -0.3 is 10.1 Å². The molecule has 2 heterocycles. The van der Waals surface area contributed by atoms with Gasteiger partial charge in [0.1, 0.15) is 5.82 Å². The van der Waals surface area contributed by atoms with Crippen molar-refractivity contribution in [2.24, 2.45) is 0 Å². The lowest BCUT2D eigenvalue weighted by Crippen LogP contribution is -2.39. The predicted octanol–water partition coefficient (Wildman–Crippen LogP) is 4.10. The molecule has 104 valence electrons. The number of fused-ring (bicyclic) bond motifs is 2. The van der Waals surface area contributed by atoms with E-state index in [0.29, 0.717) is 23.3 Å². The average molecular weight is 304 g/mol. The molecule has 0 aliphatic carbocycles. The van der Waals surface area contributed by atoms with Gasteiger partial charge in [-0.25, -0.2) is 4.39 Å². The minimum atomic E-state index is -0.432. The summed E-state index contributed by atoms with van der Waals surface area (Å²) in [5, 5.41) is 4.05. The van der Waals surface area contributed by atoms with E-state index in [1.54, 1.807) is 0 Å². The van der Waals surface area contributed by atoms with E-state index in [1.807, 2.05) is 6.92 Å². The van der Waals surface area contributed by atoms with Crippen LogP contribution in [0.4, 0.5) is 4.39 Å². The first kappa shape index (κ1) is 13.6. The Hall–Kier alpha value is -0.350. The molecule has 4 atom stereocenters. The number of nitrogens with one attached hydrogen (secondary N) is 1. The molecule has 2 bridgehead atoms. The van der Waals surface area contributed by atoms with E-state index in [0.717, 1.165) is 24.8 Å². The molecule has 2 fully saturated rings. The first-order valence-electron chi connectivity index (χ1n) is 6.60. The van der Waals surface area contributed by atoms with E-state index < -0.39 is 5.82 Å². The number of hydrogen-bond donors (Lipinski definition) is 1. The molecule has 1 N–H and O–H groups in total. The van der Waals surface area contributed by atoms with E-state index in [9.17, 15) is 4.39 Å². The fourth-order valence-electron chi connectivity index (χ4n) is 3.09. The van der Waals surface area contributed by atoms with Crippen LogP contribution in [0.1, 0.15) is 37.8 Å². The van der Waals surface area contributed by atoms with Crippen molar-refractivity contribution in [3.63, 3.8) is 0 Å². The predicted molar refractivity (Wildman–Crippen MR) is 74.3 cm³/mol. The van der Waals surface area contributed by atoms with Crippen molar-refractivity contribution in [2.75, 3.05) is 0 Å². The Morgan fingerprint density at radius 1 is 1.32 bits per heavy atom. The largest absolute Gasteiger partial charge is 0.373 e. The van der Waals surface area contributed by atoms with Gasteiger partial charge in [-0.2, -0.15) is 0 Å². The third-order valence-electron chi connectivity index (χ3n) is 4.08. The van der Waals surface area contributed by atoms with Crippen molar-refractivity contribution < 1.29 is 9.13 Å². The lowest BCUT2D eigenvalue weighted by Gasteiger charge is -2.25. The summed E-state index contributed by atoms with van der Waals surface area (Å²) in [6, 6.07) is 3.19. The Morgan fingerprint density at radius 3 is 2.74 bits per heavy atom. The standard InChI is InChI=1S/C14H16Cl2FNO/c1-7(9-5-12(17)11(16)6-10(9)15)18-13-4-8-2-3-14(13)19-8/h5-8,13-14,18H,2-4H2,1H3. The summed E-state index contributed by atoms with van der Waals surface area (Å²) < 4.78 is 19.3. The third kappa shape index (κ3) is 2.62. The van der Waals surface area contributed by atoms with Crippen molar-refractivity contribution in [2.45, 2.75) is 50.5 Å². The van der Waals surface area contributed by atoms with Gasteiger partial charge in [-0.3, -0.25) is 0 Å². The zero-order valence-electron chi connectivity index (χ0n) is 10.6. The van der Waals surface area contributed by atoms with Crippen LogP contribution in [-0.4, -0.2) is 18.2 Å². The molecule has 2 saturated heterocycles. The smallest absolute Gasteiger partial charge is 0.142 e. The summed E-state index contributed by atoms with van der Waals surface area (Å²) in [6.45, 7) is 1.99. The zero-order valence-corrected chi connectivity index (χ0v) is 12.1. The van der Waals surface area contributed by atoms with Crippen LogP contribution in [0.5, 0.6) is 0 Å². The Kier molecular flexibility index (Phi) is 3.73. The van der Waals surface area contributed by atoms with E-state index in [4.69, 9.17) is 27.9 Å². The summed E-state index contributed by atoms with van der Waals surface area (Å²) in [7, 11) is 0. The molecule has 0 spiro atoms. The first-order chi connectivity index (χ1) is 9.04. The van der Waals surface area contributed by atoms with Gasteiger partial charge in [0.25, 0.3) is 0 Å². The number of benzene rings is 1. The molecule has 4 unspecified atom stereocenters. The summed E-state index contributed by atoms with van der Waals surface area (Å²) in [4.78, 5) is 0. The Morgan fingerprint density at radius 2 is 2.11 bits per heavy atom. The third-order valence-corrected chi connectivity index (χ3v) is 4.69. The Balaban J connectivity index is 1.73. The summed E-state index contributed by atoms with van der Waals surface area (Å²) in [5.41, 5.74) is 0.742. The fourth-order valence-corrected chi connectivity index (χ4v) is 3.64. The van der Waals surface area contributed by atoms with Gasteiger partial charge in [-0.1, -0.05) is 23.2 Å². The van der Waals surface area contributed by atoms with E-state index in [-0.39, 0.29) is 11.1 Å². The maximum Gasteiger partial charge on any atom is 0.142 e. The van der Waals surface area contributed by atoms with Gasteiger partial charge in [0.15, 0.2) is 0 Å². The number of hydrogen-bond acceptors (Lipinski definition) is 2. The molecule has 1 aromatic rings. The molecule has 1 aromatic carbocycles. The second-order valence-electron chi connectivity index (χ2n) is 5.39. The monoisotopic (exact) mass is 303 g/mol. The molecule has 0 radical (unpaired) electrons. The highest BCUT2D eigenvalue weighted by Gasteiger charge is 2.41.